The first-order valence-electron chi connectivity index (χ1n) is 8.66. The summed E-state index contributed by atoms with van der Waals surface area (Å²) in [5.74, 6) is -0.380. The van der Waals surface area contributed by atoms with Crippen molar-refractivity contribution in [2.45, 2.75) is 32.6 Å². The van der Waals surface area contributed by atoms with Crippen LogP contribution in [0.15, 0.2) is 36.8 Å². The van der Waals surface area contributed by atoms with E-state index in [1.807, 2.05) is 24.6 Å². The predicted molar refractivity (Wildman–Crippen MR) is 97.2 cm³/mol. The van der Waals surface area contributed by atoms with Crippen molar-refractivity contribution in [1.82, 2.24) is 29.9 Å². The van der Waals surface area contributed by atoms with Crippen LogP contribution in [0.3, 0.4) is 0 Å². The molecule has 7 nitrogen and oxygen atoms in total. The van der Waals surface area contributed by atoms with Crippen molar-refractivity contribution >= 4 is 11.0 Å². The molecule has 27 heavy (non-hydrogen) atoms. The fourth-order valence-corrected chi connectivity index (χ4v) is 3.49. The van der Waals surface area contributed by atoms with Gasteiger partial charge in [-0.2, -0.15) is 10.2 Å². The van der Waals surface area contributed by atoms with Gasteiger partial charge < -0.3 is 4.74 Å². The molecule has 1 aliphatic rings. The number of aromatic amines is 1. The van der Waals surface area contributed by atoms with Crippen molar-refractivity contribution in [2.24, 2.45) is 0 Å². The molecule has 0 saturated heterocycles. The van der Waals surface area contributed by atoms with Crippen molar-refractivity contribution in [3.8, 4) is 22.5 Å². The van der Waals surface area contributed by atoms with Gasteiger partial charge in [-0.05, 0) is 32.0 Å². The molecule has 0 aromatic carbocycles. The van der Waals surface area contributed by atoms with E-state index in [1.54, 1.807) is 18.5 Å². The Morgan fingerprint density at radius 3 is 2.89 bits per heavy atom. The summed E-state index contributed by atoms with van der Waals surface area (Å²) in [7, 11) is 0. The van der Waals surface area contributed by atoms with E-state index in [-0.39, 0.29) is 11.4 Å². The number of ether oxygens (including phenoxy) is 1. The third-order valence-corrected chi connectivity index (χ3v) is 4.78. The molecule has 0 aliphatic carbocycles. The van der Waals surface area contributed by atoms with Gasteiger partial charge in [0, 0.05) is 22.7 Å². The summed E-state index contributed by atoms with van der Waals surface area (Å²) in [4.78, 5) is 8.57. The molecule has 5 heterocycles. The van der Waals surface area contributed by atoms with Gasteiger partial charge >= 0.3 is 0 Å². The monoisotopic (exact) mass is 364 g/mol. The van der Waals surface area contributed by atoms with Crippen molar-refractivity contribution in [3.63, 3.8) is 0 Å². The first-order chi connectivity index (χ1) is 13.0. The molecule has 5 rings (SSSR count). The molecule has 0 unspecified atom stereocenters. The maximum Gasteiger partial charge on any atom is 0.155 e. The molecule has 0 atom stereocenters. The van der Waals surface area contributed by atoms with Gasteiger partial charge in [-0.25, -0.2) is 9.37 Å². The third kappa shape index (κ3) is 2.60. The fourth-order valence-electron chi connectivity index (χ4n) is 3.49. The molecule has 0 bridgehead atoms. The topological polar surface area (TPSA) is 81.5 Å². The highest BCUT2D eigenvalue weighted by Crippen LogP contribution is 2.39. The number of H-pyrrole nitrogens is 1. The van der Waals surface area contributed by atoms with Crippen LogP contribution in [0.1, 0.15) is 19.5 Å². The zero-order valence-corrected chi connectivity index (χ0v) is 14.9. The van der Waals surface area contributed by atoms with E-state index in [0.29, 0.717) is 30.2 Å². The zero-order chi connectivity index (χ0) is 18.6. The van der Waals surface area contributed by atoms with Crippen LogP contribution in [0.25, 0.3) is 33.5 Å². The van der Waals surface area contributed by atoms with Crippen molar-refractivity contribution in [1.29, 1.82) is 0 Å². The van der Waals surface area contributed by atoms with Crippen molar-refractivity contribution < 1.29 is 9.13 Å². The molecular weight excluding hydrogens is 347 g/mol. The summed E-state index contributed by atoms with van der Waals surface area (Å²) in [6.07, 6.45) is 4.69. The van der Waals surface area contributed by atoms with Gasteiger partial charge in [-0.15, -0.1) is 0 Å². The summed E-state index contributed by atoms with van der Waals surface area (Å²) < 4.78 is 21.4. The summed E-state index contributed by atoms with van der Waals surface area (Å²) in [5, 5.41) is 12.7. The quantitative estimate of drug-likeness (QED) is 0.590. The number of halogens is 1. The van der Waals surface area contributed by atoms with Crippen molar-refractivity contribution in [3.05, 3.63) is 48.3 Å². The van der Waals surface area contributed by atoms with Gasteiger partial charge in [-0.3, -0.25) is 14.8 Å². The lowest BCUT2D eigenvalue weighted by Crippen LogP contribution is -2.36. The number of pyridine rings is 2. The van der Waals surface area contributed by atoms with E-state index in [2.05, 4.69) is 20.2 Å². The van der Waals surface area contributed by atoms with Crippen LogP contribution in [-0.4, -0.2) is 35.5 Å². The molecule has 4 aromatic heterocycles. The maximum absolute atomic E-state index is 13.4. The molecule has 1 N–H and O–H groups in total. The van der Waals surface area contributed by atoms with Gasteiger partial charge in [0.15, 0.2) is 5.65 Å². The highest BCUT2D eigenvalue weighted by atomic mass is 19.1. The normalized spacial score (nSPS) is 15.8. The summed E-state index contributed by atoms with van der Waals surface area (Å²) in [6.45, 7) is 5.12. The molecule has 4 aromatic rings. The van der Waals surface area contributed by atoms with E-state index >= 15 is 0 Å². The molecule has 0 spiro atoms. The lowest BCUT2D eigenvalue weighted by Gasteiger charge is -2.31. The van der Waals surface area contributed by atoms with Gasteiger partial charge in [0.25, 0.3) is 0 Å². The Kier molecular flexibility index (Phi) is 3.38. The van der Waals surface area contributed by atoms with E-state index < -0.39 is 0 Å². The zero-order valence-electron chi connectivity index (χ0n) is 14.9. The average molecular weight is 364 g/mol. The highest BCUT2D eigenvalue weighted by molar-refractivity contribution is 5.97. The fraction of sp³-hybridized carbons (Fsp3) is 0.263. The van der Waals surface area contributed by atoms with Crippen LogP contribution in [0, 0.1) is 5.82 Å². The third-order valence-electron chi connectivity index (χ3n) is 4.78. The highest BCUT2D eigenvalue weighted by Gasteiger charge is 2.32. The smallest absolute Gasteiger partial charge is 0.155 e. The summed E-state index contributed by atoms with van der Waals surface area (Å²) in [5.41, 5.74) is 4.51. The van der Waals surface area contributed by atoms with E-state index in [9.17, 15) is 4.39 Å². The molecular formula is C19H17FN6O. The molecule has 0 radical (unpaired) electrons. The van der Waals surface area contributed by atoms with Crippen LogP contribution in [0.4, 0.5) is 4.39 Å². The summed E-state index contributed by atoms with van der Waals surface area (Å²) in [6, 6.07) is 4.97. The first kappa shape index (κ1) is 16.1. The minimum Gasteiger partial charge on any atom is -0.367 e. The number of aromatic nitrogens is 6. The molecule has 8 heteroatoms. The Bertz CT molecular complexity index is 1140. The molecule has 0 amide bonds. The van der Waals surface area contributed by atoms with Crippen LogP contribution in [0.5, 0.6) is 0 Å². The molecule has 0 saturated carbocycles. The number of hydrogen-bond acceptors (Lipinski definition) is 5. The average Bonchev–Trinajstić information content (AvgIpc) is 3.25. The second-order valence-electron chi connectivity index (χ2n) is 7.23. The molecule has 1 aliphatic heterocycles. The number of hydrogen-bond donors (Lipinski definition) is 1. The minimum atomic E-state index is -0.380. The van der Waals surface area contributed by atoms with Crippen LogP contribution in [-0.2, 0) is 17.9 Å². The van der Waals surface area contributed by atoms with Gasteiger partial charge in [0.1, 0.15) is 11.5 Å². The largest absolute Gasteiger partial charge is 0.367 e. The second-order valence-corrected chi connectivity index (χ2v) is 7.23. The van der Waals surface area contributed by atoms with E-state index in [0.717, 1.165) is 22.2 Å². The lowest BCUT2D eigenvalue weighted by atomic mass is 9.98. The van der Waals surface area contributed by atoms with Crippen molar-refractivity contribution in [2.75, 3.05) is 0 Å². The standard InChI is InChI=1S/C19H17FN6O/c1-19(2)10-26-15(9-27-19)16(12-5-6-21-18-13(12)8-23-24-18)17(25-26)14-4-3-11(20)7-22-14/h3-8H,9-10H2,1-2H3,(H,21,23,24). The van der Waals surface area contributed by atoms with E-state index in [4.69, 9.17) is 9.84 Å². The van der Waals surface area contributed by atoms with E-state index in [1.165, 1.54) is 12.3 Å². The van der Waals surface area contributed by atoms with Crippen LogP contribution >= 0.6 is 0 Å². The van der Waals surface area contributed by atoms with Gasteiger partial charge in [-0.1, -0.05) is 0 Å². The van der Waals surface area contributed by atoms with Crippen LogP contribution in [0.2, 0.25) is 0 Å². The maximum atomic E-state index is 13.4. The number of nitrogens with zero attached hydrogens (tertiary/aromatic N) is 5. The minimum absolute atomic E-state index is 0.313. The number of fused-ring (bicyclic) bond motifs is 2. The Balaban J connectivity index is 1.79. The summed E-state index contributed by atoms with van der Waals surface area (Å²) >= 11 is 0. The molecule has 0 fully saturated rings. The Morgan fingerprint density at radius 2 is 2.07 bits per heavy atom. The lowest BCUT2D eigenvalue weighted by molar-refractivity contribution is -0.0657. The van der Waals surface area contributed by atoms with Gasteiger partial charge in [0.05, 0.1) is 42.5 Å². The predicted octanol–water partition coefficient (Wildman–Crippen LogP) is 3.33. The Hall–Kier alpha value is -3.13. The first-order valence-corrected chi connectivity index (χ1v) is 8.66. The Morgan fingerprint density at radius 1 is 1.19 bits per heavy atom. The molecule has 136 valence electrons. The Labute approximate surface area is 154 Å². The SMILES string of the molecule is CC1(C)Cn2nc(-c3ccc(F)cn3)c(-c3ccnc4[nH]ncc34)c2CO1. The van der Waals surface area contributed by atoms with Crippen LogP contribution < -0.4 is 0 Å². The van der Waals surface area contributed by atoms with Gasteiger partial charge in [0.2, 0.25) is 0 Å². The number of rotatable bonds is 2. The second kappa shape index (κ2) is 5.68. The number of nitrogens with one attached hydrogen (secondary N) is 1.